The number of hydrogen-bond acceptors (Lipinski definition) is 5. The molecule has 0 amide bonds. The van der Waals surface area contributed by atoms with E-state index in [9.17, 15) is 0 Å². The molecule has 5 aromatic heterocycles. The van der Waals surface area contributed by atoms with Crippen molar-refractivity contribution in [2.24, 2.45) is 0 Å². The molecule has 0 saturated carbocycles. The first-order chi connectivity index (χ1) is 27.8. The van der Waals surface area contributed by atoms with Gasteiger partial charge in [-0.15, -0.1) is 0 Å². The van der Waals surface area contributed by atoms with Gasteiger partial charge in [0, 0.05) is 74.3 Å². The van der Waals surface area contributed by atoms with Crippen molar-refractivity contribution in [3.8, 4) is 56.7 Å². The lowest BCUT2D eigenvalue weighted by Crippen LogP contribution is -2.01. The molecule has 56 heavy (non-hydrogen) atoms. The molecule has 262 valence electrons. The lowest BCUT2D eigenvalue weighted by atomic mass is 10.1. The van der Waals surface area contributed by atoms with Crippen LogP contribution in [0.2, 0.25) is 0 Å². The fourth-order valence-electron chi connectivity index (χ4n) is 7.95. The van der Waals surface area contributed by atoms with E-state index in [4.69, 9.17) is 24.9 Å². The van der Waals surface area contributed by atoms with Crippen LogP contribution in [0.15, 0.2) is 189 Å². The number of aromatic nitrogens is 7. The predicted molar refractivity (Wildman–Crippen MR) is 226 cm³/mol. The van der Waals surface area contributed by atoms with Crippen LogP contribution in [-0.2, 0) is 0 Å². The van der Waals surface area contributed by atoms with E-state index >= 15 is 0 Å². The van der Waals surface area contributed by atoms with Crippen LogP contribution in [0.1, 0.15) is 0 Å². The molecule has 5 heterocycles. The van der Waals surface area contributed by atoms with Crippen LogP contribution in [0.3, 0.4) is 0 Å². The molecule has 0 saturated heterocycles. The van der Waals surface area contributed by atoms with Crippen LogP contribution in [0.5, 0.6) is 0 Å². The molecule has 0 aliphatic carbocycles. The highest BCUT2D eigenvalue weighted by molar-refractivity contribution is 6.23. The number of hydrogen-bond donors (Lipinski definition) is 0. The maximum atomic E-state index is 5.23. The lowest BCUT2D eigenvalue weighted by molar-refractivity contribution is 1.12. The first kappa shape index (κ1) is 31.7. The smallest absolute Gasteiger partial charge is 0.159 e. The minimum absolute atomic E-state index is 0.661. The minimum Gasteiger partial charge on any atom is -0.307 e. The van der Waals surface area contributed by atoms with Gasteiger partial charge in [-0.1, -0.05) is 127 Å². The maximum Gasteiger partial charge on any atom is 0.159 e. The molecule has 6 aromatic carbocycles. The Morgan fingerprint density at radius 2 is 0.714 bits per heavy atom. The van der Waals surface area contributed by atoms with E-state index in [-0.39, 0.29) is 0 Å². The van der Waals surface area contributed by atoms with Gasteiger partial charge in [0.2, 0.25) is 0 Å². The zero-order valence-corrected chi connectivity index (χ0v) is 30.0. The monoisotopic (exact) mass is 717 g/mol. The van der Waals surface area contributed by atoms with E-state index in [1.54, 1.807) is 0 Å². The first-order valence-electron chi connectivity index (χ1n) is 18.6. The summed E-state index contributed by atoms with van der Waals surface area (Å²) in [6.07, 6.45) is 7.43. The average Bonchev–Trinajstić information content (AvgIpc) is 3.80. The summed E-state index contributed by atoms with van der Waals surface area (Å²) in [5.41, 5.74) is 11.6. The summed E-state index contributed by atoms with van der Waals surface area (Å²) in [6, 6.07) is 56.8. The van der Waals surface area contributed by atoms with Crippen molar-refractivity contribution in [3.05, 3.63) is 189 Å². The number of fused-ring (bicyclic) bond motifs is 7. The number of para-hydroxylation sites is 3. The molecule has 0 aliphatic rings. The van der Waals surface area contributed by atoms with E-state index < -0.39 is 0 Å². The average molecular weight is 718 g/mol. The van der Waals surface area contributed by atoms with Crippen LogP contribution in [-0.4, -0.2) is 34.1 Å². The molecule has 7 heteroatoms. The molecule has 0 N–H and O–H groups in total. The van der Waals surface area contributed by atoms with Gasteiger partial charge in [0.25, 0.3) is 0 Å². The fourth-order valence-corrected chi connectivity index (χ4v) is 7.95. The first-order valence-corrected chi connectivity index (χ1v) is 18.6. The van der Waals surface area contributed by atoms with Crippen molar-refractivity contribution >= 4 is 43.6 Å². The van der Waals surface area contributed by atoms with Crippen molar-refractivity contribution in [2.45, 2.75) is 0 Å². The van der Waals surface area contributed by atoms with Gasteiger partial charge in [0.1, 0.15) is 0 Å². The Balaban J connectivity index is 1.20. The molecule has 0 bridgehead atoms. The maximum absolute atomic E-state index is 5.23. The minimum atomic E-state index is 0.661. The highest BCUT2D eigenvalue weighted by atomic mass is 15.0. The van der Waals surface area contributed by atoms with Gasteiger partial charge in [-0.3, -0.25) is 0 Å². The Labute approximate surface area is 321 Å². The van der Waals surface area contributed by atoms with E-state index in [2.05, 4.69) is 112 Å². The van der Waals surface area contributed by atoms with Crippen LogP contribution in [0, 0.1) is 0 Å². The summed E-state index contributed by atoms with van der Waals surface area (Å²) in [4.78, 5) is 24.4. The van der Waals surface area contributed by atoms with Gasteiger partial charge < -0.3 is 9.13 Å². The number of benzene rings is 6. The van der Waals surface area contributed by atoms with E-state index in [0.717, 1.165) is 67.1 Å². The van der Waals surface area contributed by atoms with Gasteiger partial charge in [0.05, 0.1) is 39.1 Å². The van der Waals surface area contributed by atoms with E-state index in [0.29, 0.717) is 11.6 Å². The SMILES string of the molecule is c1ccc(-c2ncc(-c3cc(-n4c5ccccc5c5ccc6c7ccccc7n(-c7ccccc7)c6c54)cc(-c4cnc(-c5ccccc5)nc4)n3)cn2)cc1. The molecule has 7 nitrogen and oxygen atoms in total. The Morgan fingerprint density at radius 3 is 1.18 bits per heavy atom. The Hall–Kier alpha value is -7.77. The van der Waals surface area contributed by atoms with Gasteiger partial charge in [-0.05, 0) is 36.4 Å². The Morgan fingerprint density at radius 1 is 0.321 bits per heavy atom. The standard InChI is InChI=1S/C49H31N7/c1-4-14-32(15-5-1)48-50-28-34(29-51-48)42-26-37(27-43(54-42)35-30-52-49(53-31-35)33-16-6-2-7-17-33)56-45-23-13-11-21-39(45)41-25-24-40-38-20-10-12-22-44(38)55(46(40)47(41)56)36-18-8-3-9-19-36/h1-31H. The molecular weight excluding hydrogens is 687 g/mol. The van der Waals surface area contributed by atoms with Gasteiger partial charge >= 0.3 is 0 Å². The third-order valence-corrected chi connectivity index (χ3v) is 10.5. The molecule has 0 fully saturated rings. The Kier molecular flexibility index (Phi) is 7.35. The van der Waals surface area contributed by atoms with E-state index in [1.807, 2.05) is 85.5 Å². The third-order valence-electron chi connectivity index (χ3n) is 10.5. The summed E-state index contributed by atoms with van der Waals surface area (Å²) < 4.78 is 4.79. The Bertz CT molecular complexity index is 3110. The topological polar surface area (TPSA) is 74.3 Å². The largest absolute Gasteiger partial charge is 0.307 e. The second-order valence-electron chi connectivity index (χ2n) is 13.8. The normalized spacial score (nSPS) is 11.6. The second kappa shape index (κ2) is 13.0. The van der Waals surface area contributed by atoms with Crippen LogP contribution in [0.4, 0.5) is 0 Å². The molecule has 0 radical (unpaired) electrons. The van der Waals surface area contributed by atoms with Crippen molar-refractivity contribution in [2.75, 3.05) is 0 Å². The van der Waals surface area contributed by atoms with Crippen LogP contribution in [0.25, 0.3) is 100 Å². The molecule has 0 spiro atoms. The number of rotatable bonds is 6. The molecular formula is C49H31N7. The highest BCUT2D eigenvalue weighted by Crippen LogP contribution is 2.42. The summed E-state index contributed by atoms with van der Waals surface area (Å²) in [5.74, 6) is 1.32. The zero-order valence-electron chi connectivity index (χ0n) is 30.0. The van der Waals surface area contributed by atoms with Crippen molar-refractivity contribution in [1.82, 2.24) is 34.1 Å². The fraction of sp³-hybridized carbons (Fsp3) is 0. The molecule has 11 aromatic rings. The lowest BCUT2D eigenvalue weighted by Gasteiger charge is -2.15. The number of nitrogens with zero attached hydrogens (tertiary/aromatic N) is 7. The zero-order chi connectivity index (χ0) is 37.0. The highest BCUT2D eigenvalue weighted by Gasteiger charge is 2.22. The summed E-state index contributed by atoms with van der Waals surface area (Å²) in [7, 11) is 0. The second-order valence-corrected chi connectivity index (χ2v) is 13.8. The van der Waals surface area contributed by atoms with Gasteiger partial charge in [-0.25, -0.2) is 24.9 Å². The summed E-state index contributed by atoms with van der Waals surface area (Å²) in [5, 5.41) is 4.72. The molecule has 0 aliphatic heterocycles. The van der Waals surface area contributed by atoms with Gasteiger partial charge in [0.15, 0.2) is 11.6 Å². The van der Waals surface area contributed by atoms with Gasteiger partial charge in [-0.2, -0.15) is 0 Å². The molecule has 11 rings (SSSR count). The summed E-state index contributed by atoms with van der Waals surface area (Å²) in [6.45, 7) is 0. The van der Waals surface area contributed by atoms with Crippen molar-refractivity contribution < 1.29 is 0 Å². The van der Waals surface area contributed by atoms with E-state index in [1.165, 1.54) is 21.5 Å². The van der Waals surface area contributed by atoms with Crippen LogP contribution >= 0.6 is 0 Å². The van der Waals surface area contributed by atoms with Crippen molar-refractivity contribution in [3.63, 3.8) is 0 Å². The van der Waals surface area contributed by atoms with Crippen LogP contribution < -0.4 is 0 Å². The summed E-state index contributed by atoms with van der Waals surface area (Å²) >= 11 is 0. The molecule has 0 atom stereocenters. The van der Waals surface area contributed by atoms with Crippen molar-refractivity contribution in [1.29, 1.82) is 0 Å². The quantitative estimate of drug-likeness (QED) is 0.171. The number of pyridine rings is 1. The molecule has 0 unspecified atom stereocenters. The third kappa shape index (κ3) is 5.17. The predicted octanol–water partition coefficient (Wildman–Crippen LogP) is 11.5.